The summed E-state index contributed by atoms with van der Waals surface area (Å²) >= 11 is 6.58. The number of benzene rings is 1. The van der Waals surface area contributed by atoms with Crippen molar-refractivity contribution in [2.24, 2.45) is 17.6 Å². The minimum Gasteiger partial charge on any atom is -0.390 e. The van der Waals surface area contributed by atoms with Crippen molar-refractivity contribution in [2.75, 3.05) is 18.0 Å². The van der Waals surface area contributed by atoms with Gasteiger partial charge in [-0.3, -0.25) is 4.79 Å². The highest BCUT2D eigenvalue weighted by Crippen LogP contribution is 2.35. The predicted octanol–water partition coefficient (Wildman–Crippen LogP) is 3.79. The predicted molar refractivity (Wildman–Crippen MR) is 132 cm³/mol. The molecule has 1 saturated carbocycles. The molecule has 1 aromatic carbocycles. The van der Waals surface area contributed by atoms with E-state index in [0.29, 0.717) is 17.5 Å². The van der Waals surface area contributed by atoms with Crippen molar-refractivity contribution in [2.45, 2.75) is 57.6 Å². The van der Waals surface area contributed by atoms with Gasteiger partial charge in [0.25, 0.3) is 0 Å². The molecule has 0 bridgehead atoms. The summed E-state index contributed by atoms with van der Waals surface area (Å²) in [6.07, 6.45) is 6.99. The highest BCUT2D eigenvalue weighted by Gasteiger charge is 2.29. The molecule has 3 heterocycles. The average molecular weight is 483 g/mol. The van der Waals surface area contributed by atoms with Crippen molar-refractivity contribution in [3.8, 4) is 11.1 Å². The van der Waals surface area contributed by atoms with E-state index in [1.54, 1.807) is 6.20 Å². The first-order valence-corrected chi connectivity index (χ1v) is 12.4. The Labute approximate surface area is 204 Å². The summed E-state index contributed by atoms with van der Waals surface area (Å²) < 4.78 is 1.97. The smallest absolute Gasteiger partial charge is 0.222 e. The SMILES string of the molecule is CC1(O)CCC(Cn2nnc3ccc(-c4cc(N5CCCC(C(N)=O)C5)ncc4Cl)cc32)CC1. The number of hydrogen-bond acceptors (Lipinski definition) is 6. The minimum atomic E-state index is -0.546. The number of piperidine rings is 1. The topological polar surface area (TPSA) is 110 Å². The second-order valence-corrected chi connectivity index (χ2v) is 10.5. The molecule has 3 N–H and O–H groups in total. The molecule has 9 heteroatoms. The molecular weight excluding hydrogens is 452 g/mol. The fraction of sp³-hybridized carbons (Fsp3) is 0.520. The first kappa shape index (κ1) is 23.1. The lowest BCUT2D eigenvalue weighted by molar-refractivity contribution is -0.122. The van der Waals surface area contributed by atoms with Crippen LogP contribution in [-0.4, -0.2) is 49.7 Å². The summed E-state index contributed by atoms with van der Waals surface area (Å²) in [5.41, 5.74) is 8.68. The van der Waals surface area contributed by atoms with Crippen LogP contribution in [0.2, 0.25) is 5.02 Å². The monoisotopic (exact) mass is 482 g/mol. The Morgan fingerprint density at radius 1 is 1.26 bits per heavy atom. The number of primary amides is 1. The maximum absolute atomic E-state index is 11.7. The van der Waals surface area contributed by atoms with E-state index >= 15 is 0 Å². The van der Waals surface area contributed by atoms with Crippen LogP contribution in [-0.2, 0) is 11.3 Å². The zero-order valence-electron chi connectivity index (χ0n) is 19.5. The third-order valence-corrected chi connectivity index (χ3v) is 7.73. The van der Waals surface area contributed by atoms with Crippen LogP contribution in [0.5, 0.6) is 0 Å². The van der Waals surface area contributed by atoms with Crippen molar-refractivity contribution in [1.29, 1.82) is 0 Å². The molecule has 1 unspecified atom stereocenters. The van der Waals surface area contributed by atoms with Crippen molar-refractivity contribution in [3.05, 3.63) is 35.5 Å². The number of amides is 1. The zero-order valence-corrected chi connectivity index (χ0v) is 20.2. The van der Waals surface area contributed by atoms with Gasteiger partial charge in [0.2, 0.25) is 5.91 Å². The Balaban J connectivity index is 1.41. The molecule has 3 aromatic rings. The summed E-state index contributed by atoms with van der Waals surface area (Å²) in [5, 5.41) is 19.6. The van der Waals surface area contributed by atoms with Gasteiger partial charge in [-0.15, -0.1) is 5.10 Å². The Hall–Kier alpha value is -2.71. The summed E-state index contributed by atoms with van der Waals surface area (Å²) in [5.74, 6) is 0.857. The van der Waals surface area contributed by atoms with E-state index in [-0.39, 0.29) is 11.8 Å². The van der Waals surface area contributed by atoms with E-state index in [4.69, 9.17) is 17.3 Å². The lowest BCUT2D eigenvalue weighted by Crippen LogP contribution is -2.41. The van der Waals surface area contributed by atoms with E-state index in [1.807, 2.05) is 29.8 Å². The third kappa shape index (κ3) is 4.74. The van der Waals surface area contributed by atoms with E-state index in [1.165, 1.54) is 0 Å². The van der Waals surface area contributed by atoms with Gasteiger partial charge in [-0.1, -0.05) is 22.9 Å². The van der Waals surface area contributed by atoms with Gasteiger partial charge >= 0.3 is 0 Å². The molecule has 2 aromatic heterocycles. The Morgan fingerprint density at radius 3 is 2.82 bits per heavy atom. The number of halogens is 1. The second kappa shape index (κ2) is 9.15. The highest BCUT2D eigenvalue weighted by atomic mass is 35.5. The number of hydrogen-bond donors (Lipinski definition) is 2. The molecule has 1 saturated heterocycles. The fourth-order valence-corrected chi connectivity index (χ4v) is 5.45. The number of aliphatic hydroxyl groups is 1. The quantitative estimate of drug-likeness (QED) is 0.572. The van der Waals surface area contributed by atoms with Crippen LogP contribution in [0.4, 0.5) is 5.82 Å². The van der Waals surface area contributed by atoms with Crippen molar-refractivity contribution in [3.63, 3.8) is 0 Å². The molecule has 34 heavy (non-hydrogen) atoms. The maximum atomic E-state index is 11.7. The molecule has 1 amide bonds. The van der Waals surface area contributed by atoms with Gasteiger partial charge in [-0.2, -0.15) is 0 Å². The van der Waals surface area contributed by atoms with Gasteiger partial charge in [-0.25, -0.2) is 9.67 Å². The molecule has 2 aliphatic rings. The van der Waals surface area contributed by atoms with Gasteiger partial charge in [0.15, 0.2) is 0 Å². The van der Waals surface area contributed by atoms with E-state index in [0.717, 1.165) is 79.6 Å². The molecule has 1 aliphatic carbocycles. The van der Waals surface area contributed by atoms with Crippen LogP contribution in [0.3, 0.4) is 0 Å². The lowest BCUT2D eigenvalue weighted by atomic mass is 9.80. The largest absolute Gasteiger partial charge is 0.390 e. The van der Waals surface area contributed by atoms with Gasteiger partial charge in [-0.05, 0) is 75.1 Å². The number of carbonyl (C=O) groups is 1. The molecule has 0 spiro atoms. The molecule has 180 valence electrons. The Kier molecular flexibility index (Phi) is 6.20. The van der Waals surface area contributed by atoms with Crippen LogP contribution in [0.25, 0.3) is 22.2 Å². The van der Waals surface area contributed by atoms with Crippen LogP contribution < -0.4 is 10.6 Å². The second-order valence-electron chi connectivity index (χ2n) is 10.1. The highest BCUT2D eigenvalue weighted by molar-refractivity contribution is 6.33. The molecular formula is C25H31ClN6O2. The number of anilines is 1. The number of fused-ring (bicyclic) bond motifs is 1. The van der Waals surface area contributed by atoms with E-state index in [2.05, 4.69) is 26.3 Å². The number of rotatable bonds is 5. The number of pyridine rings is 1. The first-order valence-electron chi connectivity index (χ1n) is 12.0. The Morgan fingerprint density at radius 2 is 2.06 bits per heavy atom. The summed E-state index contributed by atoms with van der Waals surface area (Å²) in [4.78, 5) is 18.4. The number of nitrogens with zero attached hydrogens (tertiary/aromatic N) is 5. The molecule has 1 aliphatic heterocycles. The summed E-state index contributed by atoms with van der Waals surface area (Å²) in [6, 6.07) is 8.05. The molecule has 5 rings (SSSR count). The fourth-order valence-electron chi connectivity index (χ4n) is 5.23. The van der Waals surface area contributed by atoms with Crippen LogP contribution in [0, 0.1) is 11.8 Å². The first-order chi connectivity index (χ1) is 16.3. The van der Waals surface area contributed by atoms with Gasteiger partial charge in [0, 0.05) is 31.4 Å². The van der Waals surface area contributed by atoms with Crippen LogP contribution in [0.15, 0.2) is 30.5 Å². The number of nitrogens with two attached hydrogens (primary N) is 1. The van der Waals surface area contributed by atoms with Gasteiger partial charge in [0.05, 0.1) is 22.1 Å². The molecule has 1 atom stereocenters. The van der Waals surface area contributed by atoms with Crippen molar-refractivity contribution in [1.82, 2.24) is 20.0 Å². The van der Waals surface area contributed by atoms with Crippen molar-refractivity contribution < 1.29 is 9.90 Å². The number of carbonyl (C=O) groups excluding carboxylic acids is 1. The summed E-state index contributed by atoms with van der Waals surface area (Å²) in [7, 11) is 0. The summed E-state index contributed by atoms with van der Waals surface area (Å²) in [6.45, 7) is 4.12. The maximum Gasteiger partial charge on any atom is 0.222 e. The molecule has 2 fully saturated rings. The zero-order chi connectivity index (χ0) is 23.9. The van der Waals surface area contributed by atoms with E-state index < -0.39 is 5.60 Å². The molecule has 8 nitrogen and oxygen atoms in total. The van der Waals surface area contributed by atoms with Crippen molar-refractivity contribution >= 4 is 34.4 Å². The van der Waals surface area contributed by atoms with E-state index in [9.17, 15) is 9.90 Å². The van der Waals surface area contributed by atoms with Crippen LogP contribution >= 0.6 is 11.6 Å². The van der Waals surface area contributed by atoms with Gasteiger partial charge < -0.3 is 15.7 Å². The third-order valence-electron chi connectivity index (χ3n) is 7.43. The Bertz CT molecular complexity index is 1200. The molecule has 0 radical (unpaired) electrons. The lowest BCUT2D eigenvalue weighted by Gasteiger charge is -2.32. The minimum absolute atomic E-state index is 0.157. The number of aromatic nitrogens is 4. The van der Waals surface area contributed by atoms with Gasteiger partial charge in [0.1, 0.15) is 11.3 Å². The normalized spacial score (nSPS) is 25.6. The van der Waals surface area contributed by atoms with Crippen LogP contribution in [0.1, 0.15) is 45.4 Å². The standard InChI is InChI=1S/C25H31ClN6O2/c1-25(34)8-6-16(7-9-25)14-32-22-11-17(4-5-21(22)29-30-32)19-12-23(28-13-20(19)26)31-10-2-3-18(15-31)24(27)33/h4-5,11-13,16,18,34H,2-3,6-10,14-15H2,1H3,(H2,27,33). The average Bonchev–Trinajstić information content (AvgIpc) is 3.22.